The van der Waals surface area contributed by atoms with Crippen molar-refractivity contribution in [3.05, 3.63) is 71.3 Å². The van der Waals surface area contributed by atoms with Gasteiger partial charge in [0.25, 0.3) is 5.91 Å². The molecule has 1 aliphatic rings. The Labute approximate surface area is 142 Å². The highest BCUT2D eigenvalue weighted by Crippen LogP contribution is 2.32. The quantitative estimate of drug-likeness (QED) is 0.862. The van der Waals surface area contributed by atoms with Crippen LogP contribution in [0.25, 0.3) is 0 Å². The van der Waals surface area contributed by atoms with Crippen molar-refractivity contribution in [2.24, 2.45) is 0 Å². The lowest BCUT2D eigenvalue weighted by atomic mass is 10.0. The van der Waals surface area contributed by atoms with E-state index in [1.165, 1.54) is 18.2 Å². The van der Waals surface area contributed by atoms with Crippen LogP contribution in [0, 0.1) is 0 Å². The third kappa shape index (κ3) is 3.65. The van der Waals surface area contributed by atoms with Crippen LogP contribution in [0.3, 0.4) is 0 Å². The van der Waals surface area contributed by atoms with E-state index < -0.39 is 36.3 Å². The first-order valence-corrected chi connectivity index (χ1v) is 7.67. The Morgan fingerprint density at radius 1 is 0.960 bits per heavy atom. The fraction of sp³-hybridized carbons (Fsp3) is 0.222. The molecule has 0 aliphatic carbocycles. The summed E-state index contributed by atoms with van der Waals surface area (Å²) in [5, 5.41) is 2.54. The van der Waals surface area contributed by atoms with E-state index in [2.05, 4.69) is 5.32 Å². The minimum absolute atomic E-state index is 0.112. The van der Waals surface area contributed by atoms with Crippen LogP contribution in [0.4, 0.5) is 18.0 Å². The number of hydrogen-bond acceptors (Lipinski definition) is 2. The zero-order chi connectivity index (χ0) is 18.0. The van der Waals surface area contributed by atoms with Crippen LogP contribution < -0.4 is 5.32 Å². The van der Waals surface area contributed by atoms with E-state index in [-0.39, 0.29) is 5.56 Å². The lowest BCUT2D eigenvalue weighted by molar-refractivity contribution is -0.139. The first kappa shape index (κ1) is 17.0. The zero-order valence-corrected chi connectivity index (χ0v) is 13.1. The van der Waals surface area contributed by atoms with Crippen molar-refractivity contribution in [2.45, 2.75) is 25.2 Å². The number of nitrogens with zero attached hydrogens (tertiary/aromatic N) is 1. The van der Waals surface area contributed by atoms with Crippen LogP contribution in [-0.2, 0) is 23.9 Å². The number of carbonyl (C=O) groups is 2. The molecule has 0 unspecified atom stereocenters. The lowest BCUT2D eigenvalue weighted by Crippen LogP contribution is -2.32. The van der Waals surface area contributed by atoms with E-state index >= 15 is 0 Å². The SMILES string of the molecule is O=C1N[C@H](Cc2ccccc2)C(=O)N1Cc1ccccc1C(F)(F)F. The summed E-state index contributed by atoms with van der Waals surface area (Å²) in [6, 6.07) is 12.6. The van der Waals surface area contributed by atoms with Gasteiger partial charge in [0.2, 0.25) is 0 Å². The van der Waals surface area contributed by atoms with Gasteiger partial charge in [0, 0.05) is 6.42 Å². The molecule has 7 heteroatoms. The number of urea groups is 1. The summed E-state index contributed by atoms with van der Waals surface area (Å²) in [7, 11) is 0. The Kier molecular flexibility index (Phi) is 4.48. The van der Waals surface area contributed by atoms with Gasteiger partial charge >= 0.3 is 12.2 Å². The molecule has 3 rings (SSSR count). The maximum absolute atomic E-state index is 13.1. The number of hydrogen-bond donors (Lipinski definition) is 1. The van der Waals surface area contributed by atoms with Crippen LogP contribution in [0.15, 0.2) is 54.6 Å². The second kappa shape index (κ2) is 6.58. The van der Waals surface area contributed by atoms with E-state index in [0.717, 1.165) is 16.5 Å². The van der Waals surface area contributed by atoms with Gasteiger partial charge in [-0.2, -0.15) is 13.2 Å². The van der Waals surface area contributed by atoms with E-state index in [9.17, 15) is 22.8 Å². The van der Waals surface area contributed by atoms with Crippen molar-refractivity contribution in [1.29, 1.82) is 0 Å². The summed E-state index contributed by atoms with van der Waals surface area (Å²) < 4.78 is 39.2. The highest BCUT2D eigenvalue weighted by Gasteiger charge is 2.40. The molecule has 0 saturated carbocycles. The van der Waals surface area contributed by atoms with Gasteiger partial charge in [-0.25, -0.2) is 4.79 Å². The molecular weight excluding hydrogens is 333 g/mol. The van der Waals surface area contributed by atoms with Gasteiger partial charge in [-0.3, -0.25) is 9.69 Å². The number of carbonyl (C=O) groups excluding carboxylic acids is 2. The smallest absolute Gasteiger partial charge is 0.325 e. The molecule has 1 heterocycles. The van der Waals surface area contributed by atoms with Crippen LogP contribution in [0.2, 0.25) is 0 Å². The van der Waals surface area contributed by atoms with E-state index in [1.807, 2.05) is 30.3 Å². The van der Waals surface area contributed by atoms with Crippen molar-refractivity contribution < 1.29 is 22.8 Å². The monoisotopic (exact) mass is 348 g/mol. The maximum Gasteiger partial charge on any atom is 0.416 e. The van der Waals surface area contributed by atoms with Crippen molar-refractivity contribution in [3.63, 3.8) is 0 Å². The zero-order valence-electron chi connectivity index (χ0n) is 13.1. The molecule has 1 fully saturated rings. The first-order chi connectivity index (χ1) is 11.9. The number of amides is 3. The molecule has 130 valence electrons. The Bertz CT molecular complexity index is 790. The molecule has 1 saturated heterocycles. The van der Waals surface area contributed by atoms with Crippen LogP contribution in [-0.4, -0.2) is 22.9 Å². The van der Waals surface area contributed by atoms with Gasteiger partial charge < -0.3 is 5.32 Å². The Morgan fingerprint density at radius 3 is 2.28 bits per heavy atom. The number of benzene rings is 2. The molecule has 0 spiro atoms. The Balaban J connectivity index is 1.78. The first-order valence-electron chi connectivity index (χ1n) is 7.67. The summed E-state index contributed by atoms with van der Waals surface area (Å²) in [6.45, 7) is -0.411. The molecule has 0 aromatic heterocycles. The van der Waals surface area contributed by atoms with Crippen molar-refractivity contribution in [3.8, 4) is 0 Å². The highest BCUT2D eigenvalue weighted by atomic mass is 19.4. The summed E-state index contributed by atoms with van der Waals surface area (Å²) in [4.78, 5) is 25.3. The summed E-state index contributed by atoms with van der Waals surface area (Å²) in [5.41, 5.74) is -0.0975. The molecule has 1 N–H and O–H groups in total. The maximum atomic E-state index is 13.1. The second-order valence-corrected chi connectivity index (χ2v) is 5.77. The fourth-order valence-electron chi connectivity index (χ4n) is 2.82. The number of rotatable bonds is 4. The number of alkyl halides is 3. The predicted octanol–water partition coefficient (Wildman–Crippen LogP) is 3.37. The highest BCUT2D eigenvalue weighted by molar-refractivity contribution is 6.04. The largest absolute Gasteiger partial charge is 0.416 e. The third-order valence-electron chi connectivity index (χ3n) is 4.04. The van der Waals surface area contributed by atoms with Gasteiger partial charge in [0.15, 0.2) is 0 Å². The molecule has 1 atom stereocenters. The summed E-state index contributed by atoms with van der Waals surface area (Å²) in [5.74, 6) is -0.522. The molecule has 1 aliphatic heterocycles. The average Bonchev–Trinajstić information content (AvgIpc) is 2.83. The molecule has 3 amide bonds. The van der Waals surface area contributed by atoms with Crippen molar-refractivity contribution in [1.82, 2.24) is 10.2 Å². The normalized spacial score (nSPS) is 17.7. The van der Waals surface area contributed by atoms with Crippen LogP contribution >= 0.6 is 0 Å². The minimum atomic E-state index is -4.54. The topological polar surface area (TPSA) is 49.4 Å². The van der Waals surface area contributed by atoms with Gasteiger partial charge in [0.1, 0.15) is 6.04 Å². The number of nitrogens with one attached hydrogen (secondary N) is 1. The molecule has 25 heavy (non-hydrogen) atoms. The minimum Gasteiger partial charge on any atom is -0.325 e. The number of imide groups is 1. The summed E-state index contributed by atoms with van der Waals surface area (Å²) in [6.07, 6.45) is -4.25. The number of halogens is 3. The summed E-state index contributed by atoms with van der Waals surface area (Å²) >= 11 is 0. The van der Waals surface area contributed by atoms with Crippen LogP contribution in [0.1, 0.15) is 16.7 Å². The van der Waals surface area contributed by atoms with Crippen LogP contribution in [0.5, 0.6) is 0 Å². The fourth-order valence-corrected chi connectivity index (χ4v) is 2.82. The van der Waals surface area contributed by atoms with E-state index in [4.69, 9.17) is 0 Å². The van der Waals surface area contributed by atoms with E-state index in [1.54, 1.807) is 0 Å². The Hall–Kier alpha value is -2.83. The molecule has 0 bridgehead atoms. The Morgan fingerprint density at radius 2 is 1.60 bits per heavy atom. The van der Waals surface area contributed by atoms with Gasteiger partial charge in [-0.1, -0.05) is 48.5 Å². The second-order valence-electron chi connectivity index (χ2n) is 5.77. The van der Waals surface area contributed by atoms with Crippen molar-refractivity contribution >= 4 is 11.9 Å². The third-order valence-corrected chi connectivity index (χ3v) is 4.04. The van der Waals surface area contributed by atoms with Gasteiger partial charge in [-0.15, -0.1) is 0 Å². The van der Waals surface area contributed by atoms with E-state index in [0.29, 0.717) is 6.42 Å². The molecule has 2 aromatic carbocycles. The van der Waals surface area contributed by atoms with Crippen molar-refractivity contribution in [2.75, 3.05) is 0 Å². The predicted molar refractivity (Wildman–Crippen MR) is 84.5 cm³/mol. The van der Waals surface area contributed by atoms with Gasteiger partial charge in [-0.05, 0) is 17.2 Å². The molecule has 2 aromatic rings. The molecule has 0 radical (unpaired) electrons. The average molecular weight is 348 g/mol. The molecule has 4 nitrogen and oxygen atoms in total. The molecular formula is C18H15F3N2O2. The van der Waals surface area contributed by atoms with Gasteiger partial charge in [0.05, 0.1) is 12.1 Å². The standard InChI is InChI=1S/C18H15F3N2O2/c19-18(20,21)14-9-5-4-8-13(14)11-23-16(24)15(22-17(23)25)10-12-6-2-1-3-7-12/h1-9,15H,10-11H2,(H,22,25)/t15-/m1/s1. The lowest BCUT2D eigenvalue weighted by Gasteiger charge is -2.17.